The Morgan fingerprint density at radius 2 is 1.63 bits per heavy atom. The molecule has 152 valence electrons. The molecule has 2 aromatic carbocycles. The molecule has 2 aliphatic rings. The van der Waals surface area contributed by atoms with Crippen molar-refractivity contribution in [1.29, 1.82) is 5.26 Å². The predicted molar refractivity (Wildman–Crippen MR) is 113 cm³/mol. The van der Waals surface area contributed by atoms with Crippen LogP contribution in [0.3, 0.4) is 0 Å². The molecular weight excluding hydrogens is 375 g/mol. The maximum Gasteiger partial charge on any atom is 0.123 e. The summed E-state index contributed by atoms with van der Waals surface area (Å²) in [6.45, 7) is 2.52. The topological polar surface area (TPSA) is 44.9 Å². The first-order chi connectivity index (χ1) is 14.7. The molecule has 0 unspecified atom stereocenters. The van der Waals surface area contributed by atoms with Crippen LogP contribution < -0.4 is 0 Å². The highest BCUT2D eigenvalue weighted by Gasteiger charge is 2.47. The summed E-state index contributed by atoms with van der Waals surface area (Å²) in [4.78, 5) is 6.88. The maximum absolute atomic E-state index is 13.3. The lowest BCUT2D eigenvalue weighted by Gasteiger charge is -2.38. The Morgan fingerprint density at radius 1 is 0.933 bits per heavy atom. The van der Waals surface area contributed by atoms with Crippen LogP contribution in [0.1, 0.15) is 42.5 Å². The van der Waals surface area contributed by atoms with Gasteiger partial charge in [0.05, 0.1) is 29.0 Å². The zero-order chi connectivity index (χ0) is 20.6. The van der Waals surface area contributed by atoms with Crippen molar-refractivity contribution >= 4 is 0 Å². The molecule has 0 atom stereocenters. The maximum atomic E-state index is 13.3. The van der Waals surface area contributed by atoms with Crippen LogP contribution >= 0.6 is 0 Å². The van der Waals surface area contributed by atoms with Gasteiger partial charge in [-0.25, -0.2) is 9.37 Å². The third kappa shape index (κ3) is 3.22. The van der Waals surface area contributed by atoms with Gasteiger partial charge in [0.15, 0.2) is 0 Å². The van der Waals surface area contributed by atoms with Gasteiger partial charge in [-0.1, -0.05) is 42.5 Å². The fourth-order valence-corrected chi connectivity index (χ4v) is 4.92. The number of hydrogen-bond donors (Lipinski definition) is 0. The highest BCUT2D eigenvalue weighted by molar-refractivity contribution is 5.34. The quantitative estimate of drug-likeness (QED) is 0.628. The lowest BCUT2D eigenvalue weighted by Crippen LogP contribution is -2.42. The molecular formula is C25H25FN4. The molecule has 2 fully saturated rings. The van der Waals surface area contributed by atoms with Gasteiger partial charge in [-0.05, 0) is 48.9 Å². The van der Waals surface area contributed by atoms with E-state index in [2.05, 4.69) is 50.9 Å². The number of imidazole rings is 1. The van der Waals surface area contributed by atoms with Crippen molar-refractivity contribution in [2.24, 2.45) is 0 Å². The normalized spacial score (nSPS) is 19.9. The highest BCUT2D eigenvalue weighted by atomic mass is 19.1. The van der Waals surface area contributed by atoms with Gasteiger partial charge in [0, 0.05) is 25.8 Å². The van der Waals surface area contributed by atoms with Crippen LogP contribution in [0.4, 0.5) is 4.39 Å². The van der Waals surface area contributed by atoms with Gasteiger partial charge in [-0.3, -0.25) is 4.90 Å². The molecule has 5 rings (SSSR count). The first kappa shape index (κ1) is 19.0. The molecule has 0 bridgehead atoms. The van der Waals surface area contributed by atoms with Crippen LogP contribution in [0, 0.1) is 17.1 Å². The molecule has 4 nitrogen and oxygen atoms in total. The van der Waals surface area contributed by atoms with Crippen LogP contribution in [-0.2, 0) is 17.5 Å². The van der Waals surface area contributed by atoms with Gasteiger partial charge < -0.3 is 4.57 Å². The molecule has 30 heavy (non-hydrogen) atoms. The van der Waals surface area contributed by atoms with Gasteiger partial charge in [0.2, 0.25) is 0 Å². The van der Waals surface area contributed by atoms with Crippen molar-refractivity contribution in [3.8, 4) is 6.07 Å². The molecule has 1 aliphatic carbocycles. The first-order valence-corrected chi connectivity index (χ1v) is 10.6. The van der Waals surface area contributed by atoms with E-state index in [-0.39, 0.29) is 11.4 Å². The Balaban J connectivity index is 1.31. The zero-order valence-electron chi connectivity index (χ0n) is 17.0. The molecule has 1 aromatic heterocycles. The van der Waals surface area contributed by atoms with Gasteiger partial charge >= 0.3 is 0 Å². The fourth-order valence-electron chi connectivity index (χ4n) is 4.92. The number of nitrogens with zero attached hydrogens (tertiary/aromatic N) is 4. The molecule has 1 saturated carbocycles. The second-order valence-corrected chi connectivity index (χ2v) is 8.63. The van der Waals surface area contributed by atoms with E-state index in [4.69, 9.17) is 0 Å². The molecule has 1 aliphatic heterocycles. The number of hydrogen-bond acceptors (Lipinski definition) is 3. The second kappa shape index (κ2) is 7.37. The van der Waals surface area contributed by atoms with Crippen LogP contribution in [0.2, 0.25) is 0 Å². The smallest absolute Gasteiger partial charge is 0.123 e. The largest absolute Gasteiger partial charge is 0.323 e. The average Bonchev–Trinajstić information content (AvgIpc) is 3.48. The van der Waals surface area contributed by atoms with Crippen molar-refractivity contribution in [2.75, 3.05) is 13.1 Å². The number of likely N-dealkylation sites (tertiary alicyclic amines) is 1. The van der Waals surface area contributed by atoms with E-state index in [1.54, 1.807) is 12.1 Å². The zero-order valence-corrected chi connectivity index (χ0v) is 17.0. The first-order valence-electron chi connectivity index (χ1n) is 10.6. The lowest BCUT2D eigenvalue weighted by molar-refractivity contribution is 0.174. The minimum Gasteiger partial charge on any atom is -0.323 e. The summed E-state index contributed by atoms with van der Waals surface area (Å²) in [7, 11) is 0. The molecule has 0 N–H and O–H groups in total. The van der Waals surface area contributed by atoms with E-state index in [1.807, 2.05) is 12.5 Å². The number of piperidine rings is 1. The average molecular weight is 401 g/mol. The van der Waals surface area contributed by atoms with E-state index < -0.39 is 5.41 Å². The summed E-state index contributed by atoms with van der Waals surface area (Å²) in [6, 6.07) is 19.7. The van der Waals surface area contributed by atoms with Crippen LogP contribution in [0.25, 0.3) is 0 Å². The molecule has 3 aromatic rings. The number of benzene rings is 2. The summed E-state index contributed by atoms with van der Waals surface area (Å²) < 4.78 is 15.7. The molecule has 0 radical (unpaired) electrons. The number of halogens is 1. The third-order valence-corrected chi connectivity index (χ3v) is 6.92. The van der Waals surface area contributed by atoms with E-state index in [1.165, 1.54) is 23.4 Å². The van der Waals surface area contributed by atoms with E-state index in [0.717, 1.165) is 50.9 Å². The van der Waals surface area contributed by atoms with Gasteiger partial charge in [-0.2, -0.15) is 5.26 Å². The summed E-state index contributed by atoms with van der Waals surface area (Å²) in [5, 5.41) is 9.92. The van der Waals surface area contributed by atoms with Gasteiger partial charge in [0.1, 0.15) is 5.82 Å². The summed E-state index contributed by atoms with van der Waals surface area (Å²) in [5.74, 6) is -0.259. The van der Waals surface area contributed by atoms with Gasteiger partial charge in [-0.15, -0.1) is 0 Å². The van der Waals surface area contributed by atoms with Crippen molar-refractivity contribution in [3.63, 3.8) is 0 Å². The minimum atomic E-state index is -0.522. The molecule has 5 heteroatoms. The van der Waals surface area contributed by atoms with Crippen molar-refractivity contribution in [2.45, 2.75) is 43.2 Å². The number of aromatic nitrogens is 2. The fraction of sp³-hybridized carbons (Fsp3) is 0.360. The molecule has 2 heterocycles. The minimum absolute atomic E-state index is 0.0490. The van der Waals surface area contributed by atoms with E-state index in [9.17, 15) is 9.65 Å². The summed E-state index contributed by atoms with van der Waals surface area (Å²) in [5.41, 5.74) is 3.03. The Bertz CT molecular complexity index is 1050. The molecule has 0 spiro atoms. The third-order valence-electron chi connectivity index (χ3n) is 6.92. The molecule has 1 saturated heterocycles. The summed E-state index contributed by atoms with van der Waals surface area (Å²) >= 11 is 0. The summed E-state index contributed by atoms with van der Waals surface area (Å²) in [6.07, 6.45) is 7.75. The second-order valence-electron chi connectivity index (χ2n) is 8.63. The van der Waals surface area contributed by atoms with Crippen LogP contribution in [-0.4, -0.2) is 27.5 Å². The standard InChI is InChI=1S/C25H25FN4/c26-22-8-6-20(7-9-22)24(18-27)12-14-29(15-13-24)17-23-16-28-19-30(23)25(10-11-25)21-4-2-1-3-5-21/h1-9,16,19H,10-15,17H2. The Kier molecular flexibility index (Phi) is 4.67. The van der Waals surface area contributed by atoms with E-state index >= 15 is 0 Å². The van der Waals surface area contributed by atoms with Crippen molar-refractivity contribution < 1.29 is 4.39 Å². The number of nitriles is 1. The number of rotatable bonds is 5. The Hall–Kier alpha value is -2.97. The van der Waals surface area contributed by atoms with Gasteiger partial charge in [0.25, 0.3) is 0 Å². The monoisotopic (exact) mass is 400 g/mol. The Labute approximate surface area is 176 Å². The lowest BCUT2D eigenvalue weighted by atomic mass is 9.74. The van der Waals surface area contributed by atoms with E-state index in [0.29, 0.717) is 0 Å². The SMILES string of the molecule is N#CC1(c2ccc(F)cc2)CCN(Cc2cncn2C2(c3ccccc3)CC2)CC1. The van der Waals surface area contributed by atoms with Crippen molar-refractivity contribution in [1.82, 2.24) is 14.5 Å². The van der Waals surface area contributed by atoms with Crippen LogP contribution in [0.15, 0.2) is 67.1 Å². The highest BCUT2D eigenvalue weighted by Crippen LogP contribution is 2.50. The molecule has 0 amide bonds. The van der Waals surface area contributed by atoms with Crippen LogP contribution in [0.5, 0.6) is 0 Å². The predicted octanol–water partition coefficient (Wildman–Crippen LogP) is 4.62. The van der Waals surface area contributed by atoms with Crippen molar-refractivity contribution in [3.05, 3.63) is 89.8 Å². The Morgan fingerprint density at radius 3 is 2.27 bits per heavy atom.